The Labute approximate surface area is 428 Å². The topological polar surface area (TPSA) is 214 Å². The largest absolute Gasteiger partial charge is 0.457 e. The highest BCUT2D eigenvalue weighted by molar-refractivity contribution is 5.69. The number of allylic oxidation sites excluding steroid dienone is 10. The fraction of sp³-hybridized carbons (Fsp3) is 0.807. The smallest absolute Gasteiger partial charge is 0.306 e. The summed E-state index contributed by atoms with van der Waals surface area (Å²) < 4.78 is 34.2. The minimum absolute atomic E-state index is 0.0312. The second kappa shape index (κ2) is 44.0. The van der Waals surface area contributed by atoms with E-state index < -0.39 is 86.7 Å². The molecular formula is C57H100O14. The van der Waals surface area contributed by atoms with Crippen LogP contribution in [0.2, 0.25) is 0 Å². The van der Waals surface area contributed by atoms with Crippen LogP contribution in [0.15, 0.2) is 60.8 Å². The Kier molecular flexibility index (Phi) is 40.2. The molecule has 0 aromatic carbocycles. The molecule has 2 fully saturated rings. The van der Waals surface area contributed by atoms with Crippen LogP contribution in [0.25, 0.3) is 0 Å². The lowest BCUT2D eigenvalue weighted by atomic mass is 9.98. The van der Waals surface area contributed by atoms with Gasteiger partial charge in [-0.2, -0.15) is 0 Å². The highest BCUT2D eigenvalue weighted by Crippen LogP contribution is 2.26. The summed E-state index contributed by atoms with van der Waals surface area (Å²) in [5.41, 5.74) is 0. The SMILES string of the molecule is CC/C=C\C/C=C\C/C=C\C/C=C\CCC(=O)OC(COCCCCCCCCCCCCCC/C=C\CCCCCCCCCC)COC1OC(COC2OC(CO)C(O)C(O)C2O)C(O)C(O)C1O. The van der Waals surface area contributed by atoms with Crippen molar-refractivity contribution in [2.24, 2.45) is 0 Å². The lowest BCUT2D eigenvalue weighted by molar-refractivity contribution is -0.332. The first-order valence-corrected chi connectivity index (χ1v) is 27.9. The van der Waals surface area contributed by atoms with Crippen LogP contribution in [0.1, 0.15) is 194 Å². The van der Waals surface area contributed by atoms with Gasteiger partial charge in [0.2, 0.25) is 0 Å². The first-order valence-electron chi connectivity index (χ1n) is 27.9. The summed E-state index contributed by atoms with van der Waals surface area (Å²) in [6.07, 6.45) is 37.4. The summed E-state index contributed by atoms with van der Waals surface area (Å²) in [5, 5.41) is 72.2. The van der Waals surface area contributed by atoms with Gasteiger partial charge in [0.05, 0.1) is 26.4 Å². The Balaban J connectivity index is 1.71. The average Bonchev–Trinajstić information content (AvgIpc) is 3.37. The minimum Gasteiger partial charge on any atom is -0.457 e. The molecule has 2 aliphatic heterocycles. The molecule has 0 aromatic rings. The molecule has 2 heterocycles. The van der Waals surface area contributed by atoms with E-state index in [9.17, 15) is 40.5 Å². The minimum atomic E-state index is -1.72. The summed E-state index contributed by atoms with van der Waals surface area (Å²) in [6, 6.07) is 0. The van der Waals surface area contributed by atoms with E-state index in [1.807, 2.05) is 12.2 Å². The van der Waals surface area contributed by atoms with Gasteiger partial charge in [-0.1, -0.05) is 184 Å². The molecule has 11 atom stereocenters. The van der Waals surface area contributed by atoms with Crippen LogP contribution in [-0.2, 0) is 33.2 Å². The molecule has 7 N–H and O–H groups in total. The van der Waals surface area contributed by atoms with Crippen LogP contribution in [-0.4, -0.2) is 142 Å². The third-order valence-corrected chi connectivity index (χ3v) is 13.0. The first kappa shape index (κ1) is 64.8. The summed E-state index contributed by atoms with van der Waals surface area (Å²) >= 11 is 0. The summed E-state index contributed by atoms with van der Waals surface area (Å²) in [7, 11) is 0. The molecule has 14 heteroatoms. The van der Waals surface area contributed by atoms with E-state index in [4.69, 9.17) is 28.4 Å². The summed E-state index contributed by atoms with van der Waals surface area (Å²) in [4.78, 5) is 13.0. The first-order chi connectivity index (χ1) is 34.6. The van der Waals surface area contributed by atoms with Gasteiger partial charge in [-0.3, -0.25) is 4.79 Å². The molecule has 71 heavy (non-hydrogen) atoms. The average molecular weight is 1010 g/mol. The number of rotatable bonds is 44. The number of ether oxygens (including phenoxy) is 6. The molecule has 0 bridgehead atoms. The van der Waals surface area contributed by atoms with Crippen molar-refractivity contribution in [1.82, 2.24) is 0 Å². The third kappa shape index (κ3) is 31.2. The fourth-order valence-electron chi connectivity index (χ4n) is 8.53. The molecule has 0 spiro atoms. The van der Waals surface area contributed by atoms with Crippen molar-refractivity contribution in [2.75, 3.05) is 33.0 Å². The maximum Gasteiger partial charge on any atom is 0.306 e. The van der Waals surface area contributed by atoms with E-state index in [2.05, 4.69) is 62.5 Å². The van der Waals surface area contributed by atoms with Gasteiger partial charge in [-0.15, -0.1) is 0 Å². The molecule has 0 aliphatic carbocycles. The van der Waals surface area contributed by atoms with Crippen LogP contribution >= 0.6 is 0 Å². The van der Waals surface area contributed by atoms with Crippen molar-refractivity contribution in [3.05, 3.63) is 60.8 Å². The lowest BCUT2D eigenvalue weighted by Crippen LogP contribution is -2.61. The van der Waals surface area contributed by atoms with E-state index in [0.29, 0.717) is 13.0 Å². The van der Waals surface area contributed by atoms with Crippen LogP contribution in [0.3, 0.4) is 0 Å². The zero-order valence-corrected chi connectivity index (χ0v) is 43.9. The van der Waals surface area contributed by atoms with Gasteiger partial charge < -0.3 is 64.2 Å². The molecule has 0 amide bonds. The van der Waals surface area contributed by atoms with Crippen LogP contribution in [0.4, 0.5) is 0 Å². The molecule has 14 nitrogen and oxygen atoms in total. The second-order valence-corrected chi connectivity index (χ2v) is 19.4. The maximum atomic E-state index is 13.0. The molecule has 2 rings (SSSR count). The van der Waals surface area contributed by atoms with Gasteiger partial charge in [0.15, 0.2) is 12.6 Å². The van der Waals surface area contributed by atoms with E-state index in [0.717, 1.165) is 44.9 Å². The number of esters is 1. The Morgan fingerprint density at radius 1 is 0.479 bits per heavy atom. The Morgan fingerprint density at radius 3 is 1.44 bits per heavy atom. The Morgan fingerprint density at radius 2 is 0.915 bits per heavy atom. The second-order valence-electron chi connectivity index (χ2n) is 19.4. The van der Waals surface area contributed by atoms with Crippen molar-refractivity contribution in [1.29, 1.82) is 0 Å². The number of unbranched alkanes of at least 4 members (excludes halogenated alkanes) is 20. The zero-order chi connectivity index (χ0) is 51.6. The van der Waals surface area contributed by atoms with Crippen molar-refractivity contribution in [3.63, 3.8) is 0 Å². The van der Waals surface area contributed by atoms with Crippen molar-refractivity contribution < 1.29 is 69.0 Å². The van der Waals surface area contributed by atoms with E-state index in [-0.39, 0.29) is 19.6 Å². The monoisotopic (exact) mass is 1010 g/mol. The molecule has 0 radical (unpaired) electrons. The molecule has 2 aliphatic rings. The normalized spacial score (nSPS) is 25.8. The third-order valence-electron chi connectivity index (χ3n) is 13.0. The molecule has 0 aromatic heterocycles. The molecule has 0 saturated carbocycles. The van der Waals surface area contributed by atoms with Crippen molar-refractivity contribution >= 4 is 5.97 Å². The molecule has 11 unspecified atom stereocenters. The lowest BCUT2D eigenvalue weighted by Gasteiger charge is -2.42. The van der Waals surface area contributed by atoms with Crippen molar-refractivity contribution in [2.45, 2.75) is 261 Å². The van der Waals surface area contributed by atoms with E-state index in [1.165, 1.54) is 122 Å². The summed E-state index contributed by atoms with van der Waals surface area (Å²) in [6.45, 7) is 3.48. The predicted molar refractivity (Wildman–Crippen MR) is 279 cm³/mol. The highest BCUT2D eigenvalue weighted by atomic mass is 16.7. The van der Waals surface area contributed by atoms with Gasteiger partial charge >= 0.3 is 5.97 Å². The quantitative estimate of drug-likeness (QED) is 0.0172. The predicted octanol–water partition coefficient (Wildman–Crippen LogP) is 9.30. The van der Waals surface area contributed by atoms with E-state index >= 15 is 0 Å². The number of hydrogen-bond acceptors (Lipinski definition) is 14. The van der Waals surface area contributed by atoms with Gasteiger partial charge in [-0.25, -0.2) is 0 Å². The van der Waals surface area contributed by atoms with Crippen LogP contribution < -0.4 is 0 Å². The highest BCUT2D eigenvalue weighted by Gasteiger charge is 2.47. The molecule has 2 saturated heterocycles. The van der Waals surface area contributed by atoms with Gasteiger partial charge in [0.25, 0.3) is 0 Å². The fourth-order valence-corrected chi connectivity index (χ4v) is 8.53. The number of aliphatic hydroxyl groups is 7. The number of hydrogen-bond donors (Lipinski definition) is 7. The molecule has 412 valence electrons. The van der Waals surface area contributed by atoms with Gasteiger partial charge in [-0.05, 0) is 64.2 Å². The van der Waals surface area contributed by atoms with Crippen LogP contribution in [0.5, 0.6) is 0 Å². The summed E-state index contributed by atoms with van der Waals surface area (Å²) in [5.74, 6) is -0.455. The molecular weight excluding hydrogens is 909 g/mol. The van der Waals surface area contributed by atoms with Crippen molar-refractivity contribution in [3.8, 4) is 0 Å². The zero-order valence-electron chi connectivity index (χ0n) is 43.9. The van der Waals surface area contributed by atoms with Gasteiger partial charge in [0, 0.05) is 13.0 Å². The Bertz CT molecular complexity index is 1400. The number of carbonyl (C=O) groups is 1. The number of carbonyl (C=O) groups excluding carboxylic acids is 1. The van der Waals surface area contributed by atoms with E-state index in [1.54, 1.807) is 0 Å². The Hall–Kier alpha value is -2.31. The van der Waals surface area contributed by atoms with Gasteiger partial charge in [0.1, 0.15) is 54.9 Å². The number of aliphatic hydroxyl groups excluding tert-OH is 7. The maximum absolute atomic E-state index is 13.0. The van der Waals surface area contributed by atoms with Crippen LogP contribution in [0, 0.1) is 0 Å². The standard InChI is InChI=1S/C57H100O14/c1-3-5-7-9-11-13-15-17-18-19-20-21-22-23-24-25-26-27-29-31-33-35-37-39-41-66-43-46(69-49(59)40-38-36-34-32-30-28-16-14-12-10-8-6-4-2)44-67-56-55(65)53(63)51(61)48(71-56)45-68-57-54(64)52(62)50(60)47(42-58)70-57/h6,8,12,14,19-20,28,30,34,36,46-48,50-58,60-65H,3-5,7,9-11,13,15-18,21-27,29,31-33,35,37-45H2,1-2H3/b8-6-,14-12-,20-19-,30-28-,36-34-.